The number of ether oxygens (including phenoxy) is 1. The van der Waals surface area contributed by atoms with E-state index in [1.165, 1.54) is 0 Å². The van der Waals surface area contributed by atoms with Crippen LogP contribution in [0.5, 0.6) is 11.5 Å². The predicted octanol–water partition coefficient (Wildman–Crippen LogP) is 8.16. The van der Waals surface area contributed by atoms with Crippen molar-refractivity contribution in [2.75, 3.05) is 0 Å². The second kappa shape index (κ2) is 9.26. The first-order chi connectivity index (χ1) is 11.4. The molecule has 2 aromatic rings. The van der Waals surface area contributed by atoms with Crippen molar-refractivity contribution in [3.63, 3.8) is 0 Å². The van der Waals surface area contributed by atoms with Crippen LogP contribution in [0.2, 0.25) is 0 Å². The summed E-state index contributed by atoms with van der Waals surface area (Å²) >= 11 is 0. The van der Waals surface area contributed by atoms with Gasteiger partial charge in [-0.2, -0.15) is 6.08 Å². The van der Waals surface area contributed by atoms with Crippen LogP contribution in [-0.4, -0.2) is 0 Å². The summed E-state index contributed by atoms with van der Waals surface area (Å²) in [6.07, 6.45) is 10.0. The number of hydrogen-bond acceptors (Lipinski definition) is 1. The Kier molecular flexibility index (Phi) is 8.64. The van der Waals surface area contributed by atoms with Gasteiger partial charge in [0.15, 0.2) is 0 Å². The first-order valence-electron chi connectivity index (χ1n) is 6.96. The van der Waals surface area contributed by atoms with Crippen molar-refractivity contribution in [2.24, 2.45) is 0 Å². The van der Waals surface area contributed by atoms with Crippen LogP contribution in [0.15, 0.2) is 78.9 Å². The van der Waals surface area contributed by atoms with Crippen molar-refractivity contribution in [2.45, 2.75) is 6.42 Å². The largest absolute Gasteiger partial charge is 2.00 e. The second-order valence-corrected chi connectivity index (χ2v) is 6.61. The summed E-state index contributed by atoms with van der Waals surface area (Å²) in [5.41, 5.74) is 0. The van der Waals surface area contributed by atoms with E-state index in [0.717, 1.165) is 17.9 Å². The molecule has 0 saturated carbocycles. The van der Waals surface area contributed by atoms with Crippen LogP contribution < -0.4 is 4.74 Å². The van der Waals surface area contributed by atoms with E-state index < -0.39 is 7.81 Å². The maximum atomic E-state index is 9.87. The molecule has 0 N–H and O–H groups in total. The summed E-state index contributed by atoms with van der Waals surface area (Å²) < 4.78 is 64.8. The van der Waals surface area contributed by atoms with Crippen molar-refractivity contribution in [1.29, 1.82) is 0 Å². The molecule has 1 nitrogen and oxygen atoms in total. The first-order valence-corrected chi connectivity index (χ1v) is 8.99. The molecule has 0 atom stereocenters. The van der Waals surface area contributed by atoms with Gasteiger partial charge in [0.25, 0.3) is 0 Å². The first kappa shape index (κ1) is 24.2. The minimum Gasteiger partial charge on any atom is -0.457 e. The maximum absolute atomic E-state index is 10.7. The third-order valence-electron chi connectivity index (χ3n) is 2.31. The number of halogens is 6. The predicted molar refractivity (Wildman–Crippen MR) is 88.1 cm³/mol. The average molecular weight is 436 g/mol. The number of rotatable bonds is 2. The molecule has 9 heteroatoms. The molecular formula is C17H15F6FeOP. The Bertz CT molecular complexity index is 641. The van der Waals surface area contributed by atoms with E-state index in [0.29, 0.717) is 0 Å². The standard InChI is InChI=1S/C12H10O.C5H5.F6P.Fe/c1-3-7-11(8-4-1)13-12-9-5-2-6-10-12;1-2-4-5-3-1;1-7(2,3,4,5)6;/h1-10H;1-3H,4H2;;/q;2*-1;+2. The third-order valence-corrected chi connectivity index (χ3v) is 2.31. The van der Waals surface area contributed by atoms with E-state index in [-0.39, 0.29) is 17.1 Å². The minimum atomic E-state index is -10.7. The SMILES string of the molecule is F[P-](F)(F)(F)(F)F.[C-]1=CC=CC1.[Fe+2].c1ccc(Oc2ccccc2)cc1. The minimum absolute atomic E-state index is 0. The fourth-order valence-corrected chi connectivity index (χ4v) is 1.45. The molecule has 0 radical (unpaired) electrons. The van der Waals surface area contributed by atoms with Crippen LogP contribution in [0.1, 0.15) is 6.42 Å². The van der Waals surface area contributed by atoms with Crippen molar-refractivity contribution < 1.29 is 47.0 Å². The Labute approximate surface area is 158 Å². The van der Waals surface area contributed by atoms with Gasteiger partial charge in [-0.3, -0.25) is 6.08 Å². The molecule has 0 aliphatic heterocycles. The van der Waals surface area contributed by atoms with Gasteiger partial charge in [0.05, 0.1) is 0 Å². The Morgan fingerprint density at radius 3 is 1.35 bits per heavy atom. The summed E-state index contributed by atoms with van der Waals surface area (Å²) in [6, 6.07) is 19.5. The normalized spacial score (nSPS) is 14.4. The fraction of sp³-hybridized carbons (Fsp3) is 0.0588. The van der Waals surface area contributed by atoms with E-state index in [4.69, 9.17) is 4.74 Å². The van der Waals surface area contributed by atoms with Crippen LogP contribution >= 0.6 is 7.81 Å². The summed E-state index contributed by atoms with van der Waals surface area (Å²) in [6.45, 7) is 0. The number of allylic oxidation sites excluding steroid dienone is 4. The summed E-state index contributed by atoms with van der Waals surface area (Å²) in [7, 11) is -10.7. The Morgan fingerprint density at radius 1 is 0.731 bits per heavy atom. The van der Waals surface area contributed by atoms with Crippen LogP contribution in [-0.2, 0) is 17.1 Å². The van der Waals surface area contributed by atoms with E-state index in [9.17, 15) is 25.2 Å². The van der Waals surface area contributed by atoms with E-state index in [1.807, 2.05) is 72.8 Å². The molecule has 3 rings (SSSR count). The zero-order valence-corrected chi connectivity index (χ0v) is 15.2. The molecule has 0 spiro atoms. The number of benzene rings is 2. The topological polar surface area (TPSA) is 9.23 Å². The van der Waals surface area contributed by atoms with Gasteiger partial charge in [0.2, 0.25) is 0 Å². The number of hydrogen-bond donors (Lipinski definition) is 0. The molecule has 144 valence electrons. The zero-order chi connectivity index (χ0) is 18.9. The molecule has 0 amide bonds. The molecule has 1 aliphatic rings. The third kappa shape index (κ3) is 18.6. The summed E-state index contributed by atoms with van der Waals surface area (Å²) in [4.78, 5) is 0. The molecule has 2 aromatic carbocycles. The van der Waals surface area contributed by atoms with Crippen molar-refractivity contribution in [3.8, 4) is 11.5 Å². The van der Waals surface area contributed by atoms with Crippen molar-refractivity contribution >= 4 is 7.81 Å². The maximum Gasteiger partial charge on any atom is 2.00 e. The van der Waals surface area contributed by atoms with Crippen LogP contribution in [0.25, 0.3) is 0 Å². The molecular weight excluding hydrogens is 421 g/mol. The van der Waals surface area contributed by atoms with Crippen LogP contribution in [0, 0.1) is 6.08 Å². The van der Waals surface area contributed by atoms with Gasteiger partial charge >= 0.3 is 50.1 Å². The van der Waals surface area contributed by atoms with Gasteiger partial charge in [0, 0.05) is 0 Å². The molecule has 0 aromatic heterocycles. The average Bonchev–Trinajstić information content (AvgIpc) is 3.05. The van der Waals surface area contributed by atoms with Gasteiger partial charge in [-0.05, 0) is 24.3 Å². The number of para-hydroxylation sites is 2. The summed E-state index contributed by atoms with van der Waals surface area (Å²) in [5, 5.41) is 0. The molecule has 0 bridgehead atoms. The molecule has 0 saturated heterocycles. The Hall–Kier alpha value is -1.75. The van der Waals surface area contributed by atoms with Gasteiger partial charge in [-0.15, -0.1) is 6.42 Å². The quantitative estimate of drug-likeness (QED) is 0.200. The smallest absolute Gasteiger partial charge is 0.457 e. The van der Waals surface area contributed by atoms with Crippen molar-refractivity contribution in [1.82, 2.24) is 0 Å². The summed E-state index contributed by atoms with van der Waals surface area (Å²) in [5.74, 6) is 1.74. The van der Waals surface area contributed by atoms with Gasteiger partial charge in [-0.25, -0.2) is 12.2 Å². The van der Waals surface area contributed by atoms with Gasteiger partial charge < -0.3 is 4.74 Å². The van der Waals surface area contributed by atoms with Crippen LogP contribution in [0.3, 0.4) is 0 Å². The van der Waals surface area contributed by atoms with E-state index >= 15 is 0 Å². The fourth-order valence-electron chi connectivity index (χ4n) is 1.45. The van der Waals surface area contributed by atoms with E-state index in [1.54, 1.807) is 0 Å². The molecule has 1 aliphatic carbocycles. The van der Waals surface area contributed by atoms with E-state index in [2.05, 4.69) is 12.2 Å². The Morgan fingerprint density at radius 2 is 1.12 bits per heavy atom. The second-order valence-electron chi connectivity index (χ2n) is 4.69. The van der Waals surface area contributed by atoms with Gasteiger partial charge in [-0.1, -0.05) is 36.4 Å². The molecule has 0 unspecified atom stereocenters. The van der Waals surface area contributed by atoms with Crippen LogP contribution in [0.4, 0.5) is 25.2 Å². The molecule has 26 heavy (non-hydrogen) atoms. The Balaban J connectivity index is 0.000000408. The van der Waals surface area contributed by atoms with Gasteiger partial charge in [0.1, 0.15) is 11.5 Å². The zero-order valence-electron chi connectivity index (χ0n) is 13.2. The monoisotopic (exact) mass is 436 g/mol. The van der Waals surface area contributed by atoms with Crippen molar-refractivity contribution in [3.05, 3.63) is 85.0 Å². The molecule has 0 heterocycles. The molecule has 0 fully saturated rings.